The Bertz CT molecular complexity index is 1870. The van der Waals surface area contributed by atoms with E-state index in [1.54, 1.807) is 0 Å². The molecule has 0 radical (unpaired) electrons. The first-order chi connectivity index (χ1) is 21.3. The van der Waals surface area contributed by atoms with Crippen molar-refractivity contribution >= 4 is 34.0 Å². The molecule has 0 aliphatic rings. The fraction of sp³-hybridized carbons (Fsp3) is 0.222. The monoisotopic (exact) mass is 586 g/mol. The maximum absolute atomic E-state index is 12.3. The SMILES string of the molecule is COC(=O)Cn1c(Cc2ccccc2C)nc2cc(-c3ccc4c(c3)nc(Cc3ccccc3C)n4CC(=O)OC)ccc21. The minimum Gasteiger partial charge on any atom is -0.468 e. The van der Waals surface area contributed by atoms with Crippen LogP contribution < -0.4 is 0 Å². The highest BCUT2D eigenvalue weighted by Crippen LogP contribution is 2.30. The summed E-state index contributed by atoms with van der Waals surface area (Å²) in [6.07, 6.45) is 1.20. The molecule has 6 aromatic rings. The van der Waals surface area contributed by atoms with Crippen LogP contribution in [0.4, 0.5) is 0 Å². The molecule has 0 unspecified atom stereocenters. The quantitative estimate of drug-likeness (QED) is 0.188. The third-order valence-electron chi connectivity index (χ3n) is 8.24. The number of rotatable bonds is 9. The van der Waals surface area contributed by atoms with Crippen molar-refractivity contribution in [1.82, 2.24) is 19.1 Å². The number of aryl methyl sites for hydroxylation is 2. The molecule has 0 saturated carbocycles. The Labute approximate surface area is 255 Å². The van der Waals surface area contributed by atoms with Crippen molar-refractivity contribution in [3.8, 4) is 11.1 Å². The molecular formula is C36H34N4O4. The molecule has 8 heteroatoms. The number of carbonyl (C=O) groups excluding carboxylic acids is 2. The van der Waals surface area contributed by atoms with E-state index in [-0.39, 0.29) is 25.0 Å². The van der Waals surface area contributed by atoms with Crippen molar-refractivity contribution in [1.29, 1.82) is 0 Å². The zero-order valence-electron chi connectivity index (χ0n) is 25.3. The van der Waals surface area contributed by atoms with Crippen molar-refractivity contribution in [2.45, 2.75) is 39.8 Å². The van der Waals surface area contributed by atoms with Gasteiger partial charge in [0.15, 0.2) is 0 Å². The zero-order valence-corrected chi connectivity index (χ0v) is 25.3. The Hall–Kier alpha value is -5.24. The van der Waals surface area contributed by atoms with Gasteiger partial charge in [-0.25, -0.2) is 9.97 Å². The highest BCUT2D eigenvalue weighted by Gasteiger charge is 2.18. The molecule has 8 nitrogen and oxygen atoms in total. The maximum Gasteiger partial charge on any atom is 0.325 e. The molecule has 0 fully saturated rings. The molecule has 0 bridgehead atoms. The smallest absolute Gasteiger partial charge is 0.325 e. The van der Waals surface area contributed by atoms with Crippen LogP contribution >= 0.6 is 0 Å². The van der Waals surface area contributed by atoms with E-state index in [4.69, 9.17) is 19.4 Å². The number of carbonyl (C=O) groups is 2. The standard InChI is InChI=1S/C36H34N4O4/c1-23-9-5-7-11-25(23)19-33-37-29-17-27(13-15-31(29)39(33)21-35(41)43-3)28-14-16-32-30(18-28)38-34(40(32)22-36(42)44-4)20-26-12-8-6-10-24(26)2/h5-18H,19-22H2,1-4H3. The molecule has 0 aliphatic heterocycles. The minimum atomic E-state index is -0.325. The highest BCUT2D eigenvalue weighted by atomic mass is 16.5. The first-order valence-electron chi connectivity index (χ1n) is 14.6. The summed E-state index contributed by atoms with van der Waals surface area (Å²) in [4.78, 5) is 34.7. The van der Waals surface area contributed by atoms with E-state index in [1.165, 1.54) is 25.3 Å². The first kappa shape index (κ1) is 28.9. The van der Waals surface area contributed by atoms with Crippen LogP contribution in [0.3, 0.4) is 0 Å². The molecule has 0 N–H and O–H groups in total. The normalized spacial score (nSPS) is 11.3. The van der Waals surface area contributed by atoms with Crippen molar-refractivity contribution < 1.29 is 19.1 Å². The largest absolute Gasteiger partial charge is 0.468 e. The van der Waals surface area contributed by atoms with Crippen LogP contribution in [0, 0.1) is 13.8 Å². The number of nitrogens with zero attached hydrogens (tertiary/aromatic N) is 4. The van der Waals surface area contributed by atoms with Gasteiger partial charge in [0, 0.05) is 12.8 Å². The number of imidazole rings is 2. The molecule has 0 spiro atoms. The average Bonchev–Trinajstić information content (AvgIpc) is 3.54. The summed E-state index contributed by atoms with van der Waals surface area (Å²) in [5.41, 5.74) is 9.95. The first-order valence-corrected chi connectivity index (χ1v) is 14.6. The Morgan fingerprint density at radius 3 is 1.41 bits per heavy atom. The van der Waals surface area contributed by atoms with Gasteiger partial charge < -0.3 is 18.6 Å². The molecule has 2 aromatic heterocycles. The summed E-state index contributed by atoms with van der Waals surface area (Å²) in [5, 5.41) is 0. The zero-order chi connectivity index (χ0) is 30.8. The summed E-state index contributed by atoms with van der Waals surface area (Å²) in [6, 6.07) is 28.6. The van der Waals surface area contributed by atoms with E-state index in [0.29, 0.717) is 12.8 Å². The van der Waals surface area contributed by atoms with Crippen LogP contribution in [0.1, 0.15) is 33.9 Å². The number of fused-ring (bicyclic) bond motifs is 2. The van der Waals surface area contributed by atoms with E-state index in [0.717, 1.165) is 56.0 Å². The molecule has 0 atom stereocenters. The molecule has 44 heavy (non-hydrogen) atoms. The highest BCUT2D eigenvalue weighted by molar-refractivity contribution is 5.88. The second-order valence-corrected chi connectivity index (χ2v) is 11.0. The number of methoxy groups -OCH3 is 2. The molecule has 2 heterocycles. The van der Waals surface area contributed by atoms with Crippen LogP contribution in [0.25, 0.3) is 33.2 Å². The number of esters is 2. The van der Waals surface area contributed by atoms with Gasteiger partial charge >= 0.3 is 11.9 Å². The Morgan fingerprint density at radius 1 is 0.614 bits per heavy atom. The van der Waals surface area contributed by atoms with Gasteiger partial charge in [0.05, 0.1) is 36.3 Å². The maximum atomic E-state index is 12.3. The van der Waals surface area contributed by atoms with E-state index >= 15 is 0 Å². The second kappa shape index (κ2) is 12.2. The second-order valence-electron chi connectivity index (χ2n) is 11.0. The summed E-state index contributed by atoms with van der Waals surface area (Å²) >= 11 is 0. The number of aromatic nitrogens is 4. The van der Waals surface area contributed by atoms with Gasteiger partial charge in [-0.1, -0.05) is 60.7 Å². The number of benzene rings is 4. The lowest BCUT2D eigenvalue weighted by Crippen LogP contribution is -2.14. The van der Waals surface area contributed by atoms with Gasteiger partial charge in [-0.15, -0.1) is 0 Å². The average molecular weight is 587 g/mol. The Kier molecular flexibility index (Phi) is 7.98. The molecule has 0 amide bonds. The topological polar surface area (TPSA) is 88.2 Å². The molecule has 4 aromatic carbocycles. The van der Waals surface area contributed by atoms with E-state index in [2.05, 4.69) is 38.1 Å². The summed E-state index contributed by atoms with van der Waals surface area (Å²) in [5.74, 6) is 0.951. The van der Waals surface area contributed by atoms with Crippen molar-refractivity contribution in [2.75, 3.05) is 14.2 Å². The van der Waals surface area contributed by atoms with Crippen LogP contribution in [-0.2, 0) is 45.0 Å². The van der Waals surface area contributed by atoms with Gasteiger partial charge in [-0.05, 0) is 71.5 Å². The molecule has 6 rings (SSSR count). The van der Waals surface area contributed by atoms with Gasteiger partial charge in [-0.3, -0.25) is 9.59 Å². The number of ether oxygens (including phenoxy) is 2. The van der Waals surface area contributed by atoms with Crippen LogP contribution in [0.15, 0.2) is 84.9 Å². The fourth-order valence-electron chi connectivity index (χ4n) is 5.69. The van der Waals surface area contributed by atoms with Gasteiger partial charge in [-0.2, -0.15) is 0 Å². The Balaban J connectivity index is 1.40. The van der Waals surface area contributed by atoms with Crippen LogP contribution in [0.5, 0.6) is 0 Å². The van der Waals surface area contributed by atoms with Crippen molar-refractivity contribution in [3.63, 3.8) is 0 Å². The molecule has 0 aliphatic carbocycles. The van der Waals surface area contributed by atoms with Crippen LogP contribution in [0.2, 0.25) is 0 Å². The lowest BCUT2D eigenvalue weighted by molar-refractivity contribution is -0.142. The minimum absolute atomic E-state index is 0.0841. The number of hydrogen-bond donors (Lipinski definition) is 0. The summed E-state index contributed by atoms with van der Waals surface area (Å²) in [7, 11) is 2.80. The predicted molar refractivity (Wildman–Crippen MR) is 170 cm³/mol. The van der Waals surface area contributed by atoms with Gasteiger partial charge in [0.2, 0.25) is 0 Å². The van der Waals surface area contributed by atoms with E-state index in [1.807, 2.05) is 69.8 Å². The lowest BCUT2D eigenvalue weighted by Gasteiger charge is -2.10. The predicted octanol–water partition coefficient (Wildman–Crippen LogP) is 6.20. The molecule has 222 valence electrons. The van der Waals surface area contributed by atoms with Gasteiger partial charge in [0.25, 0.3) is 0 Å². The molecular weight excluding hydrogens is 552 g/mol. The third-order valence-corrected chi connectivity index (χ3v) is 8.24. The molecule has 0 saturated heterocycles. The summed E-state index contributed by atoms with van der Waals surface area (Å²) in [6.45, 7) is 4.33. The fourth-order valence-corrected chi connectivity index (χ4v) is 5.69. The number of hydrogen-bond acceptors (Lipinski definition) is 6. The summed E-state index contributed by atoms with van der Waals surface area (Å²) < 4.78 is 13.9. The van der Waals surface area contributed by atoms with Crippen molar-refractivity contribution in [2.24, 2.45) is 0 Å². The van der Waals surface area contributed by atoms with E-state index < -0.39 is 0 Å². The lowest BCUT2D eigenvalue weighted by atomic mass is 10.0. The van der Waals surface area contributed by atoms with E-state index in [9.17, 15) is 9.59 Å². The van der Waals surface area contributed by atoms with Crippen LogP contribution in [-0.4, -0.2) is 45.3 Å². The third kappa shape index (κ3) is 5.71. The van der Waals surface area contributed by atoms with Crippen molar-refractivity contribution in [3.05, 3.63) is 119 Å². The van der Waals surface area contributed by atoms with Gasteiger partial charge in [0.1, 0.15) is 24.7 Å². The Morgan fingerprint density at radius 2 is 1.02 bits per heavy atom.